The minimum atomic E-state index is -0.125. The van der Waals surface area contributed by atoms with Crippen LogP contribution in [0.15, 0.2) is 84.8 Å². The molecule has 0 atom stereocenters. The molecular weight excluding hydrogens is 679 g/mol. The summed E-state index contributed by atoms with van der Waals surface area (Å²) in [4.78, 5) is 16.1. The summed E-state index contributed by atoms with van der Waals surface area (Å²) in [5, 5.41) is 12.0. The number of aliphatic hydroxyl groups is 1. The first kappa shape index (κ1) is 30.4. The zero-order valence-electron chi connectivity index (χ0n) is 23.2. The number of fused-ring (bicyclic) bond motifs is 2. The molecule has 203 valence electrons. The molecule has 0 aliphatic rings. The Hall–Kier alpha value is -3.11. The molecule has 0 amide bonds. The standard InChI is InChI=1S/C29H26NS.C5H8O2.Ir/c1-18(2)22-11-10-20-12-13-30-28(26(20)15-22)23-14-24-17-27(21-8-6-5-7-9-21)31-29(24)25(16-23)19(3)4;1-4(6)3-5(2)7;/h5-13,15-19H,1-4H3;3,6H,1-2H3;/q-1;;/b;4-3-;. The minimum Gasteiger partial charge on any atom is -0.512 e. The predicted octanol–water partition coefficient (Wildman–Crippen LogP) is 9.87. The Bertz CT molecular complexity index is 1610. The first-order valence-electron chi connectivity index (χ1n) is 13.0. The molecule has 0 spiro atoms. The monoisotopic (exact) mass is 713 g/mol. The summed E-state index contributed by atoms with van der Waals surface area (Å²) in [5.74, 6) is 0.854. The van der Waals surface area contributed by atoms with Crippen LogP contribution in [0.2, 0.25) is 0 Å². The van der Waals surface area contributed by atoms with Crippen molar-refractivity contribution in [2.75, 3.05) is 0 Å². The molecule has 1 N–H and O–H groups in total. The number of hydrogen-bond acceptors (Lipinski definition) is 4. The molecule has 0 saturated carbocycles. The molecule has 3 nitrogen and oxygen atoms in total. The van der Waals surface area contributed by atoms with Crippen LogP contribution in [0.3, 0.4) is 0 Å². The summed E-state index contributed by atoms with van der Waals surface area (Å²) >= 11 is 1.87. The van der Waals surface area contributed by atoms with Crippen molar-refractivity contribution < 1.29 is 30.0 Å². The van der Waals surface area contributed by atoms with Crippen LogP contribution in [0.5, 0.6) is 0 Å². The van der Waals surface area contributed by atoms with Crippen LogP contribution in [0.4, 0.5) is 0 Å². The molecule has 5 rings (SSSR count). The first-order chi connectivity index (χ1) is 18.1. The predicted molar refractivity (Wildman–Crippen MR) is 162 cm³/mol. The maximum absolute atomic E-state index is 10.0. The van der Waals surface area contributed by atoms with Gasteiger partial charge in [-0.25, -0.2) is 0 Å². The normalized spacial score (nSPS) is 11.4. The quantitative estimate of drug-likeness (QED) is 0.112. The number of aromatic nitrogens is 1. The zero-order chi connectivity index (χ0) is 27.4. The number of ketones is 1. The van der Waals surface area contributed by atoms with Crippen LogP contribution in [0.1, 0.15) is 64.5 Å². The second kappa shape index (κ2) is 13.3. The molecule has 0 saturated heterocycles. The third-order valence-corrected chi connectivity index (χ3v) is 7.60. The second-order valence-corrected chi connectivity index (χ2v) is 11.3. The van der Waals surface area contributed by atoms with Gasteiger partial charge in [0.2, 0.25) is 0 Å². The van der Waals surface area contributed by atoms with E-state index in [1.807, 2.05) is 17.5 Å². The van der Waals surface area contributed by atoms with Gasteiger partial charge in [-0.2, -0.15) is 11.3 Å². The Balaban J connectivity index is 0.000000468. The number of aliphatic hydroxyl groups excluding tert-OH is 1. The van der Waals surface area contributed by atoms with E-state index in [1.165, 1.54) is 62.3 Å². The van der Waals surface area contributed by atoms with Crippen molar-refractivity contribution in [2.45, 2.75) is 53.4 Å². The fraction of sp³-hybridized carbons (Fsp3) is 0.235. The van der Waals surface area contributed by atoms with E-state index in [0.29, 0.717) is 11.8 Å². The average Bonchev–Trinajstić information content (AvgIpc) is 3.31. The van der Waals surface area contributed by atoms with Gasteiger partial charge in [0.25, 0.3) is 0 Å². The molecule has 1 radical (unpaired) electrons. The van der Waals surface area contributed by atoms with E-state index in [0.717, 1.165) is 11.3 Å². The van der Waals surface area contributed by atoms with E-state index in [-0.39, 0.29) is 31.6 Å². The van der Waals surface area contributed by atoms with Crippen molar-refractivity contribution in [3.8, 4) is 21.7 Å². The third-order valence-electron chi connectivity index (χ3n) is 6.37. The molecule has 0 aliphatic carbocycles. The van der Waals surface area contributed by atoms with Gasteiger partial charge in [0.1, 0.15) is 0 Å². The topological polar surface area (TPSA) is 50.2 Å². The summed E-state index contributed by atoms with van der Waals surface area (Å²) in [5.41, 5.74) is 6.08. The molecule has 2 aromatic heterocycles. The van der Waals surface area contributed by atoms with Crippen LogP contribution in [-0.4, -0.2) is 15.9 Å². The molecule has 0 bridgehead atoms. The maximum atomic E-state index is 10.0. The van der Waals surface area contributed by atoms with E-state index in [4.69, 9.17) is 10.1 Å². The van der Waals surface area contributed by atoms with Crippen LogP contribution in [0, 0.1) is 6.07 Å². The van der Waals surface area contributed by atoms with Crippen LogP contribution < -0.4 is 0 Å². The van der Waals surface area contributed by atoms with Crippen molar-refractivity contribution in [1.82, 2.24) is 4.98 Å². The van der Waals surface area contributed by atoms with Crippen LogP contribution in [0.25, 0.3) is 42.6 Å². The second-order valence-electron chi connectivity index (χ2n) is 10.2. The maximum Gasteiger partial charge on any atom is 0.155 e. The van der Waals surface area contributed by atoms with Gasteiger partial charge in [0, 0.05) is 38.1 Å². The summed E-state index contributed by atoms with van der Waals surface area (Å²) in [6.45, 7) is 11.9. The van der Waals surface area contributed by atoms with Crippen molar-refractivity contribution in [3.63, 3.8) is 0 Å². The Morgan fingerprint density at radius 1 is 0.949 bits per heavy atom. The summed E-state index contributed by atoms with van der Waals surface area (Å²) < 4.78 is 1.33. The van der Waals surface area contributed by atoms with Gasteiger partial charge in [0.15, 0.2) is 5.78 Å². The summed E-state index contributed by atoms with van der Waals surface area (Å²) in [6, 6.07) is 27.8. The average molecular weight is 713 g/mol. The van der Waals surface area contributed by atoms with E-state index in [1.54, 1.807) is 0 Å². The van der Waals surface area contributed by atoms with Gasteiger partial charge in [-0.1, -0.05) is 87.4 Å². The third kappa shape index (κ3) is 7.30. The van der Waals surface area contributed by atoms with Gasteiger partial charge >= 0.3 is 0 Å². The molecule has 0 unspecified atom stereocenters. The van der Waals surface area contributed by atoms with Gasteiger partial charge < -0.3 is 5.11 Å². The molecule has 39 heavy (non-hydrogen) atoms. The number of hydrogen-bond donors (Lipinski definition) is 1. The van der Waals surface area contributed by atoms with Crippen LogP contribution >= 0.6 is 11.3 Å². The van der Waals surface area contributed by atoms with E-state index >= 15 is 0 Å². The minimum absolute atomic E-state index is 0. The Morgan fingerprint density at radius 3 is 2.26 bits per heavy atom. The van der Waals surface area contributed by atoms with Crippen LogP contribution in [-0.2, 0) is 24.9 Å². The molecule has 3 aromatic carbocycles. The molecule has 5 heteroatoms. The number of allylic oxidation sites excluding steroid dienone is 2. The number of carbonyl (C=O) groups excluding carboxylic acids is 1. The molecule has 2 heterocycles. The van der Waals surface area contributed by atoms with Crippen molar-refractivity contribution in [3.05, 3.63) is 102 Å². The van der Waals surface area contributed by atoms with Crippen molar-refractivity contribution in [1.29, 1.82) is 0 Å². The number of carbonyl (C=O) groups is 1. The first-order valence-corrected chi connectivity index (χ1v) is 13.8. The number of nitrogens with zero attached hydrogens (tertiary/aromatic N) is 1. The van der Waals surface area contributed by atoms with Gasteiger partial charge in [0.05, 0.1) is 5.76 Å². The number of thiophene rings is 1. The fourth-order valence-corrected chi connectivity index (χ4v) is 5.74. The molecule has 0 fully saturated rings. The Morgan fingerprint density at radius 2 is 1.67 bits per heavy atom. The van der Waals surface area contributed by atoms with E-state index in [2.05, 4.69) is 100 Å². The summed E-state index contributed by atoms with van der Waals surface area (Å²) in [6.07, 6.45) is 3.09. The largest absolute Gasteiger partial charge is 0.512 e. The number of rotatable bonds is 5. The smallest absolute Gasteiger partial charge is 0.155 e. The van der Waals surface area contributed by atoms with E-state index in [9.17, 15) is 4.79 Å². The molecular formula is C34H34IrNO2S-. The number of pyridine rings is 1. The Labute approximate surface area is 249 Å². The van der Waals surface area contributed by atoms with Crippen molar-refractivity contribution >= 4 is 38.0 Å². The van der Waals surface area contributed by atoms with Gasteiger partial charge in [-0.05, 0) is 63.2 Å². The Kier molecular flexibility index (Phi) is 10.4. The molecule has 0 aliphatic heterocycles. The van der Waals surface area contributed by atoms with Crippen molar-refractivity contribution in [2.24, 2.45) is 0 Å². The van der Waals surface area contributed by atoms with Gasteiger partial charge in [-0.15, -0.1) is 23.6 Å². The number of benzene rings is 3. The van der Waals surface area contributed by atoms with E-state index < -0.39 is 0 Å². The summed E-state index contributed by atoms with van der Waals surface area (Å²) in [7, 11) is 0. The SMILES string of the molecule is CC(=O)/C=C(/C)O.CC(C)c1ccc2ccnc(-c3[c-]c4cc(-c5ccccc5)sc4c(C(C)C)c3)c2c1.[Ir]. The fourth-order valence-electron chi connectivity index (χ4n) is 4.46. The molecule has 5 aromatic rings. The van der Waals surface area contributed by atoms with Gasteiger partial charge in [-0.3, -0.25) is 9.78 Å². The zero-order valence-corrected chi connectivity index (χ0v) is 26.4.